The molecule has 0 bridgehead atoms. The number of para-hydroxylation sites is 1. The summed E-state index contributed by atoms with van der Waals surface area (Å²) < 4.78 is 0. The largest absolute Gasteiger partial charge is 0.357 e. The number of hydrogen-bond donors (Lipinski definition) is 1. The molecule has 6 nitrogen and oxygen atoms in total. The van der Waals surface area contributed by atoms with Crippen LogP contribution in [0.15, 0.2) is 42.7 Å². The van der Waals surface area contributed by atoms with Gasteiger partial charge in [-0.05, 0) is 43.1 Å². The summed E-state index contributed by atoms with van der Waals surface area (Å²) in [5.74, 6) is 0.712. The molecule has 0 spiro atoms. The normalized spacial score (nSPS) is 21.8. The van der Waals surface area contributed by atoms with Crippen molar-refractivity contribution in [2.24, 2.45) is 0 Å². The van der Waals surface area contributed by atoms with Gasteiger partial charge in [-0.1, -0.05) is 26.0 Å². The summed E-state index contributed by atoms with van der Waals surface area (Å²) in [6, 6.07) is 10.2. The molecule has 2 atom stereocenters. The zero-order valence-corrected chi connectivity index (χ0v) is 17.8. The maximum absolute atomic E-state index is 12.3. The van der Waals surface area contributed by atoms with Gasteiger partial charge in [0.1, 0.15) is 0 Å². The minimum atomic E-state index is 0.0855. The number of amides is 1. The summed E-state index contributed by atoms with van der Waals surface area (Å²) in [5, 5.41) is 3.02. The van der Waals surface area contributed by atoms with E-state index in [1.54, 1.807) is 24.5 Å². The second-order valence-electron chi connectivity index (χ2n) is 7.95. The molecule has 4 heterocycles. The van der Waals surface area contributed by atoms with Crippen molar-refractivity contribution in [3.05, 3.63) is 53.9 Å². The Kier molecular flexibility index (Phi) is 6.13. The third kappa shape index (κ3) is 3.84. The molecular weight excluding hydrogens is 376 g/mol. The minimum absolute atomic E-state index is 0.0855. The van der Waals surface area contributed by atoms with E-state index in [0.29, 0.717) is 24.9 Å². The first-order chi connectivity index (χ1) is 14.7. The van der Waals surface area contributed by atoms with Crippen molar-refractivity contribution in [3.63, 3.8) is 0 Å². The van der Waals surface area contributed by atoms with Crippen LogP contribution in [0.4, 0.5) is 11.4 Å². The Morgan fingerprint density at radius 3 is 2.80 bits per heavy atom. The average molecular weight is 407 g/mol. The van der Waals surface area contributed by atoms with Crippen LogP contribution >= 0.6 is 0 Å². The molecule has 3 aliphatic rings. The Balaban J connectivity index is 0.00000106. The van der Waals surface area contributed by atoms with Gasteiger partial charge in [-0.2, -0.15) is 0 Å². The van der Waals surface area contributed by atoms with Crippen LogP contribution in [0.2, 0.25) is 0 Å². The van der Waals surface area contributed by atoms with Gasteiger partial charge in [-0.15, -0.1) is 0 Å². The topological polar surface area (TPSA) is 65.5 Å². The predicted molar refractivity (Wildman–Crippen MR) is 119 cm³/mol. The van der Waals surface area contributed by atoms with E-state index in [-0.39, 0.29) is 11.7 Å². The summed E-state index contributed by atoms with van der Waals surface area (Å²) in [7, 11) is 0. The molecule has 1 fully saturated rings. The summed E-state index contributed by atoms with van der Waals surface area (Å²) in [5.41, 5.74) is 4.29. The number of aromatic nitrogens is 1. The van der Waals surface area contributed by atoms with E-state index in [4.69, 9.17) is 0 Å². The zero-order valence-electron chi connectivity index (χ0n) is 17.8. The Hall–Kier alpha value is -2.73. The van der Waals surface area contributed by atoms with Crippen LogP contribution in [0.3, 0.4) is 0 Å². The number of ketones is 1. The first-order valence-corrected chi connectivity index (χ1v) is 11.1. The quantitative estimate of drug-likeness (QED) is 0.767. The fourth-order valence-corrected chi connectivity index (χ4v) is 5.02. The van der Waals surface area contributed by atoms with Crippen LogP contribution in [0, 0.1) is 0 Å². The molecule has 0 aliphatic carbocycles. The van der Waals surface area contributed by atoms with Gasteiger partial charge >= 0.3 is 0 Å². The number of carbonyl (C=O) groups is 2. The number of hydrogen-bond acceptors (Lipinski definition) is 5. The fraction of sp³-hybridized carbons (Fsp3) is 0.458. The summed E-state index contributed by atoms with van der Waals surface area (Å²) >= 11 is 0. The first kappa shape index (κ1) is 20.5. The lowest BCUT2D eigenvalue weighted by atomic mass is 9.89. The Labute approximate surface area is 178 Å². The molecule has 30 heavy (non-hydrogen) atoms. The standard InChI is InChI=1S/C22H24N4O2.C2H6/c27-20(15-6-9-23-10-7-15)5-2-11-25-12-8-19-17(13-25)16-3-1-4-18-22(16)26(19)14-21(28)24-18;1-2/h1,3-4,6-7,9-10,17,19H,2,5,8,11-14H2,(H,24,28);1-2H3. The van der Waals surface area contributed by atoms with Gasteiger partial charge in [0.2, 0.25) is 5.91 Å². The maximum Gasteiger partial charge on any atom is 0.243 e. The van der Waals surface area contributed by atoms with Gasteiger partial charge in [-0.3, -0.25) is 14.6 Å². The molecule has 5 rings (SSSR count). The molecule has 6 heteroatoms. The van der Waals surface area contributed by atoms with E-state index in [1.165, 1.54) is 11.3 Å². The number of carbonyl (C=O) groups excluding carboxylic acids is 2. The van der Waals surface area contributed by atoms with Crippen molar-refractivity contribution < 1.29 is 9.59 Å². The second-order valence-corrected chi connectivity index (χ2v) is 7.95. The van der Waals surface area contributed by atoms with Crippen molar-refractivity contribution in [2.45, 2.75) is 45.1 Å². The van der Waals surface area contributed by atoms with Crippen molar-refractivity contribution in [1.29, 1.82) is 0 Å². The second kappa shape index (κ2) is 8.96. The van der Waals surface area contributed by atoms with Crippen LogP contribution < -0.4 is 10.2 Å². The number of pyridine rings is 1. The predicted octanol–water partition coefficient (Wildman–Crippen LogP) is 3.70. The van der Waals surface area contributed by atoms with Gasteiger partial charge in [0.15, 0.2) is 5.78 Å². The number of Topliss-reactive ketones (excluding diaryl/α,β-unsaturated/α-hetero) is 1. The van der Waals surface area contributed by atoms with Crippen molar-refractivity contribution in [3.8, 4) is 0 Å². The van der Waals surface area contributed by atoms with Crippen molar-refractivity contribution >= 4 is 23.1 Å². The molecule has 0 radical (unpaired) electrons. The van der Waals surface area contributed by atoms with Gasteiger partial charge in [0, 0.05) is 49.4 Å². The number of anilines is 2. The Morgan fingerprint density at radius 2 is 2.00 bits per heavy atom. The molecule has 2 unspecified atom stereocenters. The lowest BCUT2D eigenvalue weighted by molar-refractivity contribution is -0.115. The number of fused-ring (bicyclic) bond motifs is 3. The van der Waals surface area contributed by atoms with Crippen LogP contribution in [0.1, 0.15) is 54.9 Å². The Morgan fingerprint density at radius 1 is 1.20 bits per heavy atom. The number of benzene rings is 1. The van der Waals surface area contributed by atoms with Gasteiger partial charge in [0.25, 0.3) is 0 Å². The molecule has 2 aromatic rings. The smallest absolute Gasteiger partial charge is 0.243 e. The average Bonchev–Trinajstić information content (AvgIpc) is 3.10. The van der Waals surface area contributed by atoms with Gasteiger partial charge < -0.3 is 15.1 Å². The number of piperidine rings is 1. The number of nitrogens with zero attached hydrogens (tertiary/aromatic N) is 3. The third-order valence-corrected chi connectivity index (χ3v) is 6.28. The fourth-order valence-electron chi connectivity index (χ4n) is 5.02. The van der Waals surface area contributed by atoms with Crippen LogP contribution in [0.5, 0.6) is 0 Å². The highest BCUT2D eigenvalue weighted by molar-refractivity contribution is 6.03. The molecule has 1 saturated heterocycles. The lowest BCUT2D eigenvalue weighted by Gasteiger charge is -2.39. The summed E-state index contributed by atoms with van der Waals surface area (Å²) in [4.78, 5) is 33.1. The Bertz CT molecular complexity index is 915. The van der Waals surface area contributed by atoms with E-state index in [0.717, 1.165) is 43.7 Å². The third-order valence-electron chi connectivity index (χ3n) is 6.28. The van der Waals surface area contributed by atoms with Gasteiger partial charge in [0.05, 0.1) is 17.9 Å². The van der Waals surface area contributed by atoms with E-state index >= 15 is 0 Å². The van der Waals surface area contributed by atoms with E-state index < -0.39 is 0 Å². The zero-order chi connectivity index (χ0) is 21.1. The number of nitrogens with one attached hydrogen (secondary N) is 1. The summed E-state index contributed by atoms with van der Waals surface area (Å²) in [6.07, 6.45) is 5.84. The molecule has 1 N–H and O–H groups in total. The van der Waals surface area contributed by atoms with E-state index in [2.05, 4.69) is 26.2 Å². The highest BCUT2D eigenvalue weighted by atomic mass is 16.2. The summed E-state index contributed by atoms with van der Waals surface area (Å²) in [6.45, 7) is 7.42. The SMILES string of the molecule is CC.O=C1CN2c3c(cccc3C3CN(CCCC(=O)c4ccncc4)CCC32)N1. The molecule has 1 aromatic heterocycles. The number of likely N-dealkylation sites (tertiary alicyclic amines) is 1. The van der Waals surface area contributed by atoms with E-state index in [9.17, 15) is 9.59 Å². The van der Waals surface area contributed by atoms with Crippen molar-refractivity contribution in [1.82, 2.24) is 9.88 Å². The first-order valence-electron chi connectivity index (χ1n) is 11.1. The van der Waals surface area contributed by atoms with Crippen LogP contribution in [-0.4, -0.2) is 53.8 Å². The highest BCUT2D eigenvalue weighted by Crippen LogP contribution is 2.49. The van der Waals surface area contributed by atoms with Crippen molar-refractivity contribution in [2.75, 3.05) is 36.4 Å². The molecule has 3 aliphatic heterocycles. The number of rotatable bonds is 5. The molecule has 158 valence electrons. The monoisotopic (exact) mass is 406 g/mol. The van der Waals surface area contributed by atoms with Crippen LogP contribution in [-0.2, 0) is 4.79 Å². The highest BCUT2D eigenvalue weighted by Gasteiger charge is 2.44. The molecule has 1 aromatic carbocycles. The van der Waals surface area contributed by atoms with Crippen LogP contribution in [0.25, 0.3) is 0 Å². The molecule has 1 amide bonds. The minimum Gasteiger partial charge on any atom is -0.357 e. The lowest BCUT2D eigenvalue weighted by Crippen LogP contribution is -2.49. The van der Waals surface area contributed by atoms with Gasteiger partial charge in [-0.25, -0.2) is 0 Å². The van der Waals surface area contributed by atoms with E-state index in [1.807, 2.05) is 26.0 Å². The maximum atomic E-state index is 12.3. The molecular formula is C24H30N4O2. The molecule has 0 saturated carbocycles.